The van der Waals surface area contributed by atoms with Gasteiger partial charge in [-0.15, -0.1) is 0 Å². The van der Waals surface area contributed by atoms with Crippen LogP contribution in [-0.4, -0.2) is 58.9 Å². The lowest BCUT2D eigenvalue weighted by Gasteiger charge is -2.29. The number of rotatable bonds is 20. The van der Waals surface area contributed by atoms with Crippen LogP contribution in [0.3, 0.4) is 0 Å². The number of Topliss-reactive ketones (excluding diaryl/α,β-unsaturated/α-hetero) is 1. The van der Waals surface area contributed by atoms with E-state index in [2.05, 4.69) is 12.2 Å². The van der Waals surface area contributed by atoms with Crippen LogP contribution in [0, 0.1) is 5.41 Å². The molecular formula is C37H52ClN3O6. The minimum atomic E-state index is -1.74. The summed E-state index contributed by atoms with van der Waals surface area (Å²) in [7, 11) is 0. The van der Waals surface area contributed by atoms with Gasteiger partial charge >= 0.3 is 6.03 Å². The van der Waals surface area contributed by atoms with Gasteiger partial charge in [0.25, 0.3) is 11.8 Å². The molecule has 1 N–H and O–H groups in total. The van der Waals surface area contributed by atoms with Gasteiger partial charge in [-0.1, -0.05) is 127 Å². The highest BCUT2D eigenvalue weighted by atomic mass is 35.5. The first-order chi connectivity index (χ1) is 22.5. The number of hydrogen-bond donors (Lipinski definition) is 1. The molecule has 2 aromatic rings. The largest absolute Gasteiger partial charge is 0.491 e. The maximum atomic E-state index is 14.0. The summed E-state index contributed by atoms with van der Waals surface area (Å²) in [5.41, 5.74) is -0.0333. The van der Waals surface area contributed by atoms with E-state index in [0.717, 1.165) is 29.7 Å². The minimum absolute atomic E-state index is 0.0653. The molecule has 2 unspecified atom stereocenters. The number of benzene rings is 2. The Morgan fingerprint density at radius 2 is 1.51 bits per heavy atom. The number of hydrogen-bond acceptors (Lipinski definition) is 6. The van der Waals surface area contributed by atoms with Crippen LogP contribution in [0.4, 0.5) is 10.5 Å². The Balaban J connectivity index is 1.74. The third-order valence-electron chi connectivity index (χ3n) is 8.15. The zero-order valence-corrected chi connectivity index (χ0v) is 29.4. The van der Waals surface area contributed by atoms with Crippen molar-refractivity contribution in [3.63, 3.8) is 0 Å². The quantitative estimate of drug-likeness (QED) is 0.0862. The van der Waals surface area contributed by atoms with E-state index in [0.29, 0.717) is 17.4 Å². The van der Waals surface area contributed by atoms with Crippen LogP contribution in [0.1, 0.15) is 104 Å². The van der Waals surface area contributed by atoms with Gasteiger partial charge in [0.05, 0.1) is 18.8 Å². The number of carbonyl (C=O) groups excluding carboxylic acids is 4. The first-order valence-corrected chi connectivity index (χ1v) is 17.4. The second kappa shape index (κ2) is 18.8. The third-order valence-corrected chi connectivity index (χ3v) is 8.39. The number of anilines is 1. The maximum absolute atomic E-state index is 14.0. The van der Waals surface area contributed by atoms with Crippen LogP contribution >= 0.6 is 11.6 Å². The molecule has 47 heavy (non-hydrogen) atoms. The maximum Gasteiger partial charge on any atom is 0.330 e. The molecule has 1 heterocycles. The van der Waals surface area contributed by atoms with Crippen LogP contribution in [0.15, 0.2) is 48.5 Å². The van der Waals surface area contributed by atoms with Crippen molar-refractivity contribution in [2.45, 2.75) is 118 Å². The van der Waals surface area contributed by atoms with Crippen molar-refractivity contribution < 1.29 is 28.7 Å². The second-order valence-corrected chi connectivity index (χ2v) is 13.5. The van der Waals surface area contributed by atoms with Gasteiger partial charge in [0, 0.05) is 17.0 Å². The third kappa shape index (κ3) is 11.1. The second-order valence-electron chi connectivity index (χ2n) is 13.1. The van der Waals surface area contributed by atoms with Crippen molar-refractivity contribution >= 4 is 40.9 Å². The molecule has 10 heteroatoms. The molecule has 2 aromatic carbocycles. The Kier molecular flexibility index (Phi) is 15.2. The number of halogens is 1. The van der Waals surface area contributed by atoms with Gasteiger partial charge in [-0.25, -0.2) is 9.69 Å². The summed E-state index contributed by atoms with van der Waals surface area (Å²) < 4.78 is 11.7. The first-order valence-electron chi connectivity index (χ1n) is 17.1. The molecule has 0 bridgehead atoms. The molecule has 1 fully saturated rings. The van der Waals surface area contributed by atoms with Crippen molar-refractivity contribution in [1.82, 2.24) is 9.80 Å². The van der Waals surface area contributed by atoms with E-state index in [-0.39, 0.29) is 18.8 Å². The average molecular weight is 670 g/mol. The van der Waals surface area contributed by atoms with Crippen LogP contribution in [0.2, 0.25) is 5.02 Å². The van der Waals surface area contributed by atoms with E-state index in [9.17, 15) is 19.2 Å². The number of amides is 4. The van der Waals surface area contributed by atoms with E-state index in [1.807, 2.05) is 30.3 Å². The summed E-state index contributed by atoms with van der Waals surface area (Å²) in [6, 6.07) is 11.5. The number of ether oxygens (including phenoxy) is 2. The van der Waals surface area contributed by atoms with Crippen LogP contribution in [-0.2, 0) is 25.7 Å². The molecule has 1 aliphatic heterocycles. The van der Waals surface area contributed by atoms with Crippen molar-refractivity contribution in [3.8, 4) is 5.75 Å². The van der Waals surface area contributed by atoms with Gasteiger partial charge in [0.15, 0.2) is 11.8 Å². The van der Waals surface area contributed by atoms with E-state index in [1.54, 1.807) is 39.8 Å². The average Bonchev–Trinajstić information content (AvgIpc) is 3.25. The van der Waals surface area contributed by atoms with Gasteiger partial charge < -0.3 is 14.8 Å². The molecule has 0 saturated carbocycles. The normalized spacial score (nSPS) is 15.7. The van der Waals surface area contributed by atoms with Crippen molar-refractivity contribution in [3.05, 3.63) is 59.1 Å². The lowest BCUT2D eigenvalue weighted by molar-refractivity contribution is -0.149. The lowest BCUT2D eigenvalue weighted by Crippen LogP contribution is -2.55. The van der Waals surface area contributed by atoms with Gasteiger partial charge in [-0.2, -0.15) is 0 Å². The molecule has 0 aliphatic carbocycles. The minimum Gasteiger partial charge on any atom is -0.491 e. The Hall–Kier alpha value is -3.43. The summed E-state index contributed by atoms with van der Waals surface area (Å²) in [5.74, 6) is -1.82. The number of imide groups is 1. The highest BCUT2D eigenvalue weighted by Gasteiger charge is 2.54. The van der Waals surface area contributed by atoms with Crippen LogP contribution in [0.5, 0.6) is 5.75 Å². The van der Waals surface area contributed by atoms with Crippen LogP contribution in [0.25, 0.3) is 0 Å². The standard InChI is InChI=1S/C37H52ClN3O6/c1-6-8-9-10-11-12-13-14-15-19-24-47-30-23-22-28(38)25-29(30)39-33(43)31(32(42)37(3,4)5)41-34(44)35(46-7-2)40(36(41)45)26-27-20-17-16-18-21-27/h16-18,20-23,25,31,35H,6-15,19,24,26H2,1-5H3,(H,39,43). The molecule has 0 aromatic heterocycles. The molecule has 0 radical (unpaired) electrons. The van der Waals surface area contributed by atoms with Crippen molar-refractivity contribution in [1.29, 1.82) is 0 Å². The number of urea groups is 1. The fourth-order valence-electron chi connectivity index (χ4n) is 5.53. The predicted octanol–water partition coefficient (Wildman–Crippen LogP) is 8.39. The van der Waals surface area contributed by atoms with Gasteiger partial charge in [-0.3, -0.25) is 19.3 Å². The number of carbonyl (C=O) groups is 4. The highest BCUT2D eigenvalue weighted by molar-refractivity contribution is 6.31. The van der Waals surface area contributed by atoms with E-state index < -0.39 is 41.3 Å². The highest BCUT2D eigenvalue weighted by Crippen LogP contribution is 2.32. The number of ketones is 1. The first kappa shape index (κ1) is 38.0. The molecule has 4 amide bonds. The summed E-state index contributed by atoms with van der Waals surface area (Å²) in [6.07, 6.45) is 10.7. The van der Waals surface area contributed by atoms with Gasteiger partial charge in [-0.05, 0) is 37.1 Å². The van der Waals surface area contributed by atoms with Gasteiger partial charge in [0.1, 0.15) is 5.75 Å². The fraction of sp³-hybridized carbons (Fsp3) is 0.568. The molecule has 1 aliphatic rings. The van der Waals surface area contributed by atoms with Gasteiger partial charge in [0.2, 0.25) is 6.23 Å². The van der Waals surface area contributed by atoms with E-state index >= 15 is 0 Å². The van der Waals surface area contributed by atoms with Crippen LogP contribution < -0.4 is 10.1 Å². The SMILES string of the molecule is CCCCCCCCCCCCOc1ccc(Cl)cc1NC(=O)C(C(=O)C(C)(C)C)N1C(=O)C(OCC)N(Cc2ccccc2)C1=O. The summed E-state index contributed by atoms with van der Waals surface area (Å²) in [5, 5.41) is 3.10. The van der Waals surface area contributed by atoms with Crippen molar-refractivity contribution in [2.75, 3.05) is 18.5 Å². The Morgan fingerprint density at radius 3 is 2.11 bits per heavy atom. The summed E-state index contributed by atoms with van der Waals surface area (Å²) in [4.78, 5) is 57.4. The van der Waals surface area contributed by atoms with Crippen molar-refractivity contribution in [2.24, 2.45) is 5.41 Å². The number of nitrogens with zero attached hydrogens (tertiary/aromatic N) is 2. The molecule has 0 spiro atoms. The monoisotopic (exact) mass is 669 g/mol. The van der Waals surface area contributed by atoms with E-state index in [4.69, 9.17) is 21.1 Å². The zero-order valence-electron chi connectivity index (χ0n) is 28.7. The van der Waals surface area contributed by atoms with E-state index in [1.165, 1.54) is 55.9 Å². The summed E-state index contributed by atoms with van der Waals surface area (Å²) >= 11 is 6.29. The number of unbranched alkanes of at least 4 members (excludes halogenated alkanes) is 9. The lowest BCUT2D eigenvalue weighted by atomic mass is 9.85. The number of nitrogens with one attached hydrogen (secondary N) is 1. The predicted molar refractivity (Wildman–Crippen MR) is 185 cm³/mol. The zero-order chi connectivity index (χ0) is 34.4. The molecule has 1 saturated heterocycles. The molecular weight excluding hydrogens is 618 g/mol. The Bertz CT molecular complexity index is 1330. The fourth-order valence-corrected chi connectivity index (χ4v) is 5.71. The molecule has 3 rings (SSSR count). The topological polar surface area (TPSA) is 105 Å². The Labute approximate surface area is 285 Å². The Morgan fingerprint density at radius 1 is 0.894 bits per heavy atom. The molecule has 2 atom stereocenters. The molecule has 9 nitrogen and oxygen atoms in total. The molecule has 258 valence electrons. The summed E-state index contributed by atoms with van der Waals surface area (Å²) in [6.45, 7) is 9.52. The smallest absolute Gasteiger partial charge is 0.330 e.